The maximum Gasteiger partial charge on any atom is 0.234 e. The van der Waals surface area contributed by atoms with Gasteiger partial charge in [0.15, 0.2) is 0 Å². The van der Waals surface area contributed by atoms with E-state index in [1.165, 1.54) is 43.0 Å². The molecule has 0 unspecified atom stereocenters. The van der Waals surface area contributed by atoms with Crippen LogP contribution in [0.5, 0.6) is 5.75 Å². The number of nitrogens with one attached hydrogen (secondary N) is 1. The molecule has 1 fully saturated rings. The van der Waals surface area contributed by atoms with Crippen molar-refractivity contribution in [3.05, 3.63) is 59.1 Å². The SMILES string of the molecule is COc1ccc(Cl)cc1NC(=O)CSc1nc2ccccc2cc1CC1CCCC1. The Morgan fingerprint density at radius 2 is 2.00 bits per heavy atom. The number of carbonyl (C=O) groups excluding carboxylic acids is 1. The third kappa shape index (κ3) is 5.08. The first kappa shape index (κ1) is 21.0. The van der Waals surface area contributed by atoms with E-state index in [4.69, 9.17) is 21.3 Å². The lowest BCUT2D eigenvalue weighted by Gasteiger charge is -2.14. The molecule has 0 saturated heterocycles. The second-order valence-electron chi connectivity index (χ2n) is 7.68. The number of benzene rings is 2. The molecule has 1 aliphatic carbocycles. The van der Waals surface area contributed by atoms with Gasteiger partial charge in [-0.2, -0.15) is 0 Å². The zero-order valence-corrected chi connectivity index (χ0v) is 18.6. The number of anilines is 1. The molecule has 0 atom stereocenters. The number of amides is 1. The number of methoxy groups -OCH3 is 1. The summed E-state index contributed by atoms with van der Waals surface area (Å²) in [6.07, 6.45) is 6.23. The number of pyridine rings is 1. The standard InChI is InChI=1S/C24H25ClN2O2S/c1-29-22-11-10-19(25)14-21(22)26-23(28)15-30-24-18(12-16-6-2-3-7-16)13-17-8-4-5-9-20(17)27-24/h4-5,8-11,13-14,16H,2-3,6-7,12,15H2,1H3,(H,26,28). The van der Waals surface area contributed by atoms with E-state index in [9.17, 15) is 4.79 Å². The number of nitrogens with zero attached hydrogens (tertiary/aromatic N) is 1. The number of thioether (sulfide) groups is 1. The van der Waals surface area contributed by atoms with Crippen LogP contribution in [0.2, 0.25) is 5.02 Å². The Morgan fingerprint density at radius 3 is 2.80 bits per heavy atom. The summed E-state index contributed by atoms with van der Waals surface area (Å²) < 4.78 is 5.31. The first-order chi connectivity index (χ1) is 14.6. The summed E-state index contributed by atoms with van der Waals surface area (Å²) >= 11 is 7.56. The average molecular weight is 441 g/mol. The molecule has 3 aromatic rings. The van der Waals surface area contributed by atoms with E-state index in [1.807, 2.05) is 18.2 Å². The fourth-order valence-electron chi connectivity index (χ4n) is 4.04. The van der Waals surface area contributed by atoms with E-state index in [0.29, 0.717) is 16.5 Å². The molecular formula is C24H25ClN2O2S. The Hall–Kier alpha value is -2.24. The summed E-state index contributed by atoms with van der Waals surface area (Å²) in [4.78, 5) is 17.5. The van der Waals surface area contributed by atoms with Crippen LogP contribution in [-0.2, 0) is 11.2 Å². The van der Waals surface area contributed by atoms with Gasteiger partial charge in [0, 0.05) is 10.4 Å². The molecule has 1 saturated carbocycles. The Labute approximate surface area is 186 Å². The summed E-state index contributed by atoms with van der Waals surface area (Å²) in [7, 11) is 1.57. The summed E-state index contributed by atoms with van der Waals surface area (Å²) in [5.41, 5.74) is 2.79. The van der Waals surface area contributed by atoms with Crippen molar-refractivity contribution in [3.63, 3.8) is 0 Å². The van der Waals surface area contributed by atoms with E-state index in [2.05, 4.69) is 17.4 Å². The number of halogens is 1. The molecule has 4 rings (SSSR count). The lowest BCUT2D eigenvalue weighted by Crippen LogP contribution is -2.15. The van der Waals surface area contributed by atoms with Gasteiger partial charge in [-0.3, -0.25) is 4.79 Å². The van der Waals surface area contributed by atoms with Crippen molar-refractivity contribution in [2.24, 2.45) is 5.92 Å². The normalized spacial score (nSPS) is 14.2. The van der Waals surface area contributed by atoms with E-state index in [0.717, 1.165) is 28.3 Å². The van der Waals surface area contributed by atoms with E-state index < -0.39 is 0 Å². The highest BCUT2D eigenvalue weighted by Gasteiger charge is 2.19. The van der Waals surface area contributed by atoms with Gasteiger partial charge in [0.2, 0.25) is 5.91 Å². The molecule has 156 valence electrons. The lowest BCUT2D eigenvalue weighted by atomic mass is 9.98. The van der Waals surface area contributed by atoms with Crippen LogP contribution >= 0.6 is 23.4 Å². The average Bonchev–Trinajstić information content (AvgIpc) is 3.25. The molecule has 0 spiro atoms. The van der Waals surface area contributed by atoms with E-state index in [1.54, 1.807) is 25.3 Å². The molecule has 1 heterocycles. The summed E-state index contributed by atoms with van der Waals surface area (Å²) in [6, 6.07) is 15.6. The third-order valence-electron chi connectivity index (χ3n) is 5.52. The minimum atomic E-state index is -0.109. The molecular weight excluding hydrogens is 416 g/mol. The minimum Gasteiger partial charge on any atom is -0.495 e. The molecule has 1 aromatic heterocycles. The van der Waals surface area contributed by atoms with Crippen LogP contribution in [0.25, 0.3) is 10.9 Å². The van der Waals surface area contributed by atoms with Crippen molar-refractivity contribution in [2.75, 3.05) is 18.2 Å². The predicted octanol–water partition coefficient (Wildman–Crippen LogP) is 6.36. The Morgan fingerprint density at radius 1 is 1.20 bits per heavy atom. The lowest BCUT2D eigenvalue weighted by molar-refractivity contribution is -0.113. The number of fused-ring (bicyclic) bond motifs is 1. The van der Waals surface area contributed by atoms with Gasteiger partial charge in [-0.05, 0) is 48.2 Å². The number of para-hydroxylation sites is 1. The van der Waals surface area contributed by atoms with Gasteiger partial charge in [0.25, 0.3) is 0 Å². The largest absolute Gasteiger partial charge is 0.495 e. The number of hydrogen-bond acceptors (Lipinski definition) is 4. The van der Waals surface area contributed by atoms with Crippen LogP contribution in [-0.4, -0.2) is 23.8 Å². The van der Waals surface area contributed by atoms with Crippen LogP contribution in [0.1, 0.15) is 31.2 Å². The summed E-state index contributed by atoms with van der Waals surface area (Å²) in [5.74, 6) is 1.47. The Kier molecular flexibility index (Phi) is 6.80. The van der Waals surface area contributed by atoms with Gasteiger partial charge in [0.1, 0.15) is 10.8 Å². The molecule has 30 heavy (non-hydrogen) atoms. The summed E-state index contributed by atoms with van der Waals surface area (Å²) in [5, 5.41) is 5.56. The molecule has 1 aliphatic rings. The molecule has 0 bridgehead atoms. The first-order valence-electron chi connectivity index (χ1n) is 10.3. The highest BCUT2D eigenvalue weighted by Crippen LogP contribution is 2.33. The van der Waals surface area contributed by atoms with Gasteiger partial charge < -0.3 is 10.1 Å². The number of hydrogen-bond donors (Lipinski definition) is 1. The highest BCUT2D eigenvalue weighted by atomic mass is 35.5. The van der Waals surface area contributed by atoms with Crippen LogP contribution in [0, 0.1) is 5.92 Å². The zero-order valence-electron chi connectivity index (χ0n) is 17.0. The Balaban J connectivity index is 1.51. The third-order valence-corrected chi connectivity index (χ3v) is 6.79. The zero-order chi connectivity index (χ0) is 20.9. The number of ether oxygens (including phenoxy) is 1. The maximum atomic E-state index is 12.6. The first-order valence-corrected chi connectivity index (χ1v) is 11.6. The van der Waals surface area contributed by atoms with Gasteiger partial charge in [-0.1, -0.05) is 67.2 Å². The van der Waals surface area contributed by atoms with Gasteiger partial charge >= 0.3 is 0 Å². The van der Waals surface area contributed by atoms with Crippen LogP contribution in [0.4, 0.5) is 5.69 Å². The fourth-order valence-corrected chi connectivity index (χ4v) is 5.04. The van der Waals surface area contributed by atoms with Gasteiger partial charge in [-0.25, -0.2) is 4.98 Å². The molecule has 4 nitrogen and oxygen atoms in total. The van der Waals surface area contributed by atoms with Gasteiger partial charge in [-0.15, -0.1) is 0 Å². The monoisotopic (exact) mass is 440 g/mol. The van der Waals surface area contributed by atoms with Crippen molar-refractivity contribution in [1.82, 2.24) is 4.98 Å². The van der Waals surface area contributed by atoms with E-state index >= 15 is 0 Å². The molecule has 0 aliphatic heterocycles. The molecule has 0 radical (unpaired) electrons. The molecule has 1 amide bonds. The van der Waals surface area contributed by atoms with Crippen LogP contribution in [0.15, 0.2) is 53.6 Å². The maximum absolute atomic E-state index is 12.6. The van der Waals surface area contributed by atoms with Crippen LogP contribution in [0.3, 0.4) is 0 Å². The second-order valence-corrected chi connectivity index (χ2v) is 9.08. The predicted molar refractivity (Wildman–Crippen MR) is 125 cm³/mol. The molecule has 6 heteroatoms. The number of aromatic nitrogens is 1. The molecule has 1 N–H and O–H groups in total. The van der Waals surface area contributed by atoms with Crippen molar-refractivity contribution >= 4 is 45.9 Å². The smallest absolute Gasteiger partial charge is 0.234 e. The Bertz CT molecular complexity index is 1050. The van der Waals surface area contributed by atoms with Crippen molar-refractivity contribution in [1.29, 1.82) is 0 Å². The highest BCUT2D eigenvalue weighted by molar-refractivity contribution is 8.00. The van der Waals surface area contributed by atoms with Crippen molar-refractivity contribution < 1.29 is 9.53 Å². The van der Waals surface area contributed by atoms with Crippen LogP contribution < -0.4 is 10.1 Å². The second kappa shape index (κ2) is 9.71. The van der Waals surface area contributed by atoms with Crippen molar-refractivity contribution in [3.8, 4) is 5.75 Å². The van der Waals surface area contributed by atoms with Gasteiger partial charge in [0.05, 0.1) is 24.1 Å². The van der Waals surface area contributed by atoms with Crippen molar-refractivity contribution in [2.45, 2.75) is 37.1 Å². The van der Waals surface area contributed by atoms with E-state index in [-0.39, 0.29) is 11.7 Å². The minimum absolute atomic E-state index is 0.109. The molecule has 2 aromatic carbocycles. The number of rotatable bonds is 7. The number of carbonyl (C=O) groups is 1. The quantitative estimate of drug-likeness (QED) is 0.434. The fraction of sp³-hybridized carbons (Fsp3) is 0.333. The topological polar surface area (TPSA) is 51.2 Å². The summed E-state index contributed by atoms with van der Waals surface area (Å²) in [6.45, 7) is 0.